The summed E-state index contributed by atoms with van der Waals surface area (Å²) in [6.45, 7) is 5.51. The number of rotatable bonds is 7. The smallest absolute Gasteiger partial charge is 0.243 e. The second kappa shape index (κ2) is 8.35. The second-order valence-corrected chi connectivity index (χ2v) is 9.05. The van der Waals surface area contributed by atoms with E-state index in [-0.39, 0.29) is 16.6 Å². The minimum absolute atomic E-state index is 0.0732. The van der Waals surface area contributed by atoms with Crippen molar-refractivity contribution in [3.05, 3.63) is 48.0 Å². The molecule has 0 N–H and O–H groups in total. The van der Waals surface area contributed by atoms with Gasteiger partial charge in [-0.1, -0.05) is 25.5 Å². The van der Waals surface area contributed by atoms with E-state index in [1.807, 2.05) is 6.20 Å². The van der Waals surface area contributed by atoms with Crippen LogP contribution in [0.1, 0.15) is 61.6 Å². The first-order valence-electron chi connectivity index (χ1n) is 9.55. The number of aromatic nitrogens is 2. The van der Waals surface area contributed by atoms with Crippen molar-refractivity contribution in [1.29, 1.82) is 0 Å². The van der Waals surface area contributed by atoms with Crippen LogP contribution < -0.4 is 0 Å². The molecule has 2 aromatic rings. The Morgan fingerprint density at radius 1 is 1.26 bits per heavy atom. The summed E-state index contributed by atoms with van der Waals surface area (Å²) in [6, 6.07) is 6.21. The number of unbranched alkanes of at least 4 members (excludes halogenated alkanes) is 1. The molecule has 1 aromatic heterocycles. The number of benzene rings is 1. The second-order valence-electron chi connectivity index (χ2n) is 7.12. The molecule has 1 aromatic carbocycles. The molecular weight excluding hydrogens is 362 g/mol. The number of aryl methyl sites for hydroxylation is 1. The SMILES string of the molecule is CCCCn1ccnc1[C@@H]1CCCN(S(=O)(=O)c2ccc(C(C)=O)cc2)C1. The molecule has 0 bridgehead atoms. The molecule has 0 spiro atoms. The van der Waals surface area contributed by atoms with E-state index in [1.165, 1.54) is 19.1 Å². The normalized spacial score (nSPS) is 18.5. The first kappa shape index (κ1) is 19.8. The number of piperidine rings is 1. The van der Waals surface area contributed by atoms with Gasteiger partial charge in [0.2, 0.25) is 10.0 Å². The summed E-state index contributed by atoms with van der Waals surface area (Å²) < 4.78 is 29.8. The third-order valence-corrected chi connectivity index (χ3v) is 7.03. The summed E-state index contributed by atoms with van der Waals surface area (Å²) >= 11 is 0. The lowest BCUT2D eigenvalue weighted by Gasteiger charge is -2.32. The van der Waals surface area contributed by atoms with Crippen LogP contribution in [0, 0.1) is 0 Å². The molecular formula is C20H27N3O3S. The van der Waals surface area contributed by atoms with Crippen molar-refractivity contribution in [2.24, 2.45) is 0 Å². The third-order valence-electron chi connectivity index (χ3n) is 5.15. The summed E-state index contributed by atoms with van der Waals surface area (Å²) in [6.07, 6.45) is 7.74. The van der Waals surface area contributed by atoms with Crippen molar-refractivity contribution < 1.29 is 13.2 Å². The summed E-state index contributed by atoms with van der Waals surface area (Å²) in [5, 5.41) is 0. The van der Waals surface area contributed by atoms with Gasteiger partial charge in [0.1, 0.15) is 5.82 Å². The number of imidazole rings is 1. The van der Waals surface area contributed by atoms with Gasteiger partial charge in [0.05, 0.1) is 4.90 Å². The molecule has 6 nitrogen and oxygen atoms in total. The molecule has 7 heteroatoms. The van der Waals surface area contributed by atoms with Crippen LogP contribution in [-0.2, 0) is 16.6 Å². The van der Waals surface area contributed by atoms with Crippen LogP contribution in [0.15, 0.2) is 41.6 Å². The number of nitrogens with zero attached hydrogens (tertiary/aromatic N) is 3. The number of hydrogen-bond donors (Lipinski definition) is 0. The zero-order chi connectivity index (χ0) is 19.4. The lowest BCUT2D eigenvalue weighted by molar-refractivity contribution is 0.101. The Labute approximate surface area is 161 Å². The Kier molecular flexibility index (Phi) is 6.11. The maximum Gasteiger partial charge on any atom is 0.243 e. The van der Waals surface area contributed by atoms with Gasteiger partial charge in [0, 0.05) is 43.5 Å². The minimum atomic E-state index is -3.57. The van der Waals surface area contributed by atoms with Gasteiger partial charge in [0.15, 0.2) is 5.78 Å². The zero-order valence-corrected chi connectivity index (χ0v) is 16.8. The first-order valence-corrected chi connectivity index (χ1v) is 11.0. The van der Waals surface area contributed by atoms with Crippen molar-refractivity contribution in [3.63, 3.8) is 0 Å². The summed E-state index contributed by atoms with van der Waals surface area (Å²) in [5.41, 5.74) is 0.517. The molecule has 0 aliphatic carbocycles. The monoisotopic (exact) mass is 389 g/mol. The summed E-state index contributed by atoms with van der Waals surface area (Å²) in [7, 11) is -3.57. The molecule has 27 heavy (non-hydrogen) atoms. The molecule has 0 radical (unpaired) electrons. The fraction of sp³-hybridized carbons (Fsp3) is 0.500. The van der Waals surface area contributed by atoms with Gasteiger partial charge in [0.25, 0.3) is 0 Å². The van der Waals surface area contributed by atoms with Crippen LogP contribution in [0.25, 0.3) is 0 Å². The summed E-state index contributed by atoms with van der Waals surface area (Å²) in [5.74, 6) is 1.02. The highest BCUT2D eigenvalue weighted by Gasteiger charge is 2.32. The molecule has 0 saturated carbocycles. The van der Waals surface area contributed by atoms with E-state index in [0.29, 0.717) is 18.7 Å². The van der Waals surface area contributed by atoms with E-state index >= 15 is 0 Å². The fourth-order valence-corrected chi connectivity index (χ4v) is 5.10. The third kappa shape index (κ3) is 4.30. The lowest BCUT2D eigenvalue weighted by atomic mass is 9.99. The van der Waals surface area contributed by atoms with E-state index in [0.717, 1.165) is 38.1 Å². The van der Waals surface area contributed by atoms with Gasteiger partial charge in [-0.05, 0) is 38.3 Å². The molecule has 2 heterocycles. The molecule has 3 rings (SSSR count). The Hall–Kier alpha value is -1.99. The Bertz CT molecular complexity index is 887. The average Bonchev–Trinajstić information content (AvgIpc) is 3.15. The highest BCUT2D eigenvalue weighted by atomic mass is 32.2. The predicted molar refractivity (Wildman–Crippen MR) is 104 cm³/mol. The highest BCUT2D eigenvalue weighted by molar-refractivity contribution is 7.89. The number of hydrogen-bond acceptors (Lipinski definition) is 4. The average molecular weight is 390 g/mol. The number of carbonyl (C=O) groups excluding carboxylic acids is 1. The van der Waals surface area contributed by atoms with Gasteiger partial charge in [-0.15, -0.1) is 0 Å². The van der Waals surface area contributed by atoms with E-state index in [2.05, 4.69) is 16.5 Å². The van der Waals surface area contributed by atoms with Crippen LogP contribution in [0.2, 0.25) is 0 Å². The fourth-order valence-electron chi connectivity index (χ4n) is 3.58. The molecule has 1 aliphatic heterocycles. The van der Waals surface area contributed by atoms with Crippen molar-refractivity contribution in [1.82, 2.24) is 13.9 Å². The van der Waals surface area contributed by atoms with Gasteiger partial charge in [-0.2, -0.15) is 4.31 Å². The standard InChI is InChI=1S/C20H27N3O3S/c1-3-4-12-22-14-11-21-20(22)18-6-5-13-23(15-18)27(25,26)19-9-7-17(8-10-19)16(2)24/h7-11,14,18H,3-6,12-13,15H2,1-2H3/t18-/m1/s1. The molecule has 0 amide bonds. The maximum atomic E-state index is 13.1. The van der Waals surface area contributed by atoms with Gasteiger partial charge >= 0.3 is 0 Å². The molecule has 1 aliphatic rings. The predicted octanol–water partition coefficient (Wildman–Crippen LogP) is 3.45. The summed E-state index contributed by atoms with van der Waals surface area (Å²) in [4.78, 5) is 16.2. The van der Waals surface area contributed by atoms with E-state index < -0.39 is 10.0 Å². The number of ketones is 1. The quantitative estimate of drug-likeness (QED) is 0.680. The van der Waals surface area contributed by atoms with Crippen molar-refractivity contribution >= 4 is 15.8 Å². The molecule has 1 saturated heterocycles. The van der Waals surface area contributed by atoms with Crippen LogP contribution >= 0.6 is 0 Å². The largest absolute Gasteiger partial charge is 0.335 e. The van der Waals surface area contributed by atoms with Crippen LogP contribution in [-0.4, -0.2) is 41.1 Å². The van der Waals surface area contributed by atoms with Crippen LogP contribution in [0.5, 0.6) is 0 Å². The van der Waals surface area contributed by atoms with Crippen LogP contribution in [0.4, 0.5) is 0 Å². The number of carbonyl (C=O) groups is 1. The first-order chi connectivity index (χ1) is 12.9. The Morgan fingerprint density at radius 2 is 2.00 bits per heavy atom. The van der Waals surface area contributed by atoms with E-state index in [4.69, 9.17) is 0 Å². The highest BCUT2D eigenvalue weighted by Crippen LogP contribution is 2.30. The van der Waals surface area contributed by atoms with Gasteiger partial charge < -0.3 is 4.57 Å². The van der Waals surface area contributed by atoms with Crippen LogP contribution in [0.3, 0.4) is 0 Å². The van der Waals surface area contributed by atoms with Crippen molar-refractivity contribution in [2.75, 3.05) is 13.1 Å². The topological polar surface area (TPSA) is 72.3 Å². The molecule has 0 unspecified atom stereocenters. The minimum Gasteiger partial charge on any atom is -0.335 e. The molecule has 146 valence electrons. The van der Waals surface area contributed by atoms with Gasteiger partial charge in [-0.3, -0.25) is 4.79 Å². The molecule has 1 fully saturated rings. The van der Waals surface area contributed by atoms with Crippen molar-refractivity contribution in [3.8, 4) is 0 Å². The van der Waals surface area contributed by atoms with E-state index in [9.17, 15) is 13.2 Å². The number of sulfonamides is 1. The Balaban J connectivity index is 1.79. The molecule has 1 atom stereocenters. The number of Topliss-reactive ketones (excluding diaryl/α,β-unsaturated/α-hetero) is 1. The zero-order valence-electron chi connectivity index (χ0n) is 16.0. The van der Waals surface area contributed by atoms with Crippen molar-refractivity contribution in [2.45, 2.75) is 56.9 Å². The Morgan fingerprint density at radius 3 is 2.67 bits per heavy atom. The maximum absolute atomic E-state index is 13.1. The van der Waals surface area contributed by atoms with Gasteiger partial charge in [-0.25, -0.2) is 13.4 Å². The lowest BCUT2D eigenvalue weighted by Crippen LogP contribution is -2.39. The van der Waals surface area contributed by atoms with E-state index in [1.54, 1.807) is 22.6 Å².